The number of nitro benzene ring substituents is 1. The number of anilines is 1. The minimum absolute atomic E-state index is 0.0185. The number of benzene rings is 1. The Bertz CT molecular complexity index is 553. The topological polar surface area (TPSA) is 83.7 Å². The van der Waals surface area contributed by atoms with Crippen molar-refractivity contribution in [2.45, 2.75) is 19.4 Å². The van der Waals surface area contributed by atoms with Gasteiger partial charge in [0, 0.05) is 13.1 Å². The fourth-order valence-electron chi connectivity index (χ4n) is 1.86. The lowest BCUT2D eigenvalue weighted by Crippen LogP contribution is -2.30. The largest absolute Gasteiger partial charge is 0.477 e. The Morgan fingerprint density at radius 3 is 2.67 bits per heavy atom. The molecule has 0 aliphatic carbocycles. The number of nitrogens with zero attached hydrogens (tertiary/aromatic N) is 2. The van der Waals surface area contributed by atoms with Crippen molar-refractivity contribution in [2.24, 2.45) is 0 Å². The Hall–Kier alpha value is -1.83. The summed E-state index contributed by atoms with van der Waals surface area (Å²) < 4.78 is 14.0. The smallest absolute Gasteiger partial charge is 0.342 e. The maximum atomic E-state index is 14.0. The third kappa shape index (κ3) is 4.07. The first-order valence-corrected chi connectivity index (χ1v) is 7.62. The van der Waals surface area contributed by atoms with E-state index >= 15 is 0 Å². The molecule has 6 nitrogen and oxygen atoms in total. The Kier molecular flexibility index (Phi) is 5.95. The van der Waals surface area contributed by atoms with Crippen molar-refractivity contribution < 1.29 is 19.2 Å². The van der Waals surface area contributed by atoms with Crippen LogP contribution < -0.4 is 4.90 Å². The van der Waals surface area contributed by atoms with E-state index in [0.29, 0.717) is 6.07 Å². The molecule has 0 radical (unpaired) electrons. The second-order valence-electron chi connectivity index (χ2n) is 4.62. The molecule has 0 saturated carbocycles. The molecule has 0 fully saturated rings. The number of carboxylic acid groups (broad SMARTS) is 1. The second kappa shape index (κ2) is 7.26. The van der Waals surface area contributed by atoms with Crippen molar-refractivity contribution in [3.05, 3.63) is 33.6 Å². The minimum atomic E-state index is -1.45. The lowest BCUT2D eigenvalue weighted by Gasteiger charge is -2.27. The van der Waals surface area contributed by atoms with Gasteiger partial charge < -0.3 is 10.0 Å². The first kappa shape index (κ1) is 17.2. The van der Waals surface area contributed by atoms with Crippen LogP contribution in [0.4, 0.5) is 15.8 Å². The Labute approximate surface area is 126 Å². The van der Waals surface area contributed by atoms with Crippen LogP contribution in [-0.4, -0.2) is 41.1 Å². The van der Waals surface area contributed by atoms with Crippen molar-refractivity contribution in [1.29, 1.82) is 0 Å². The summed E-state index contributed by atoms with van der Waals surface area (Å²) in [4.78, 5) is 22.6. The highest BCUT2D eigenvalue weighted by Gasteiger charge is 2.25. The number of carboxylic acids is 1. The molecule has 0 aromatic heterocycles. The van der Waals surface area contributed by atoms with Crippen molar-refractivity contribution in [2.75, 3.05) is 24.0 Å². The average Bonchev–Trinajstić information content (AvgIpc) is 2.43. The predicted octanol–water partition coefficient (Wildman–Crippen LogP) is 3.01. The van der Waals surface area contributed by atoms with Crippen molar-refractivity contribution >= 4 is 29.1 Å². The summed E-state index contributed by atoms with van der Waals surface area (Å²) in [7, 11) is 1.64. The van der Waals surface area contributed by atoms with Crippen LogP contribution >= 0.6 is 11.8 Å². The molecule has 1 aromatic rings. The van der Waals surface area contributed by atoms with E-state index in [9.17, 15) is 19.3 Å². The lowest BCUT2D eigenvalue weighted by molar-refractivity contribution is -0.385. The van der Waals surface area contributed by atoms with E-state index in [-0.39, 0.29) is 11.7 Å². The number of carbonyl (C=O) groups is 1. The third-order valence-corrected chi connectivity index (χ3v) is 3.92. The quantitative estimate of drug-likeness (QED) is 0.615. The van der Waals surface area contributed by atoms with Gasteiger partial charge in [-0.2, -0.15) is 11.8 Å². The molecule has 1 rings (SSSR count). The minimum Gasteiger partial charge on any atom is -0.477 e. The van der Waals surface area contributed by atoms with Gasteiger partial charge in [-0.15, -0.1) is 0 Å². The first-order chi connectivity index (χ1) is 9.79. The van der Waals surface area contributed by atoms with E-state index in [1.165, 1.54) is 0 Å². The molecule has 8 heteroatoms. The predicted molar refractivity (Wildman–Crippen MR) is 80.9 cm³/mol. The maximum Gasteiger partial charge on any atom is 0.342 e. The van der Waals surface area contributed by atoms with Crippen molar-refractivity contribution in [1.82, 2.24) is 0 Å². The van der Waals surface area contributed by atoms with E-state index in [1.54, 1.807) is 23.7 Å². The van der Waals surface area contributed by atoms with Gasteiger partial charge >= 0.3 is 5.97 Å². The van der Waals surface area contributed by atoms with Crippen molar-refractivity contribution in [3.63, 3.8) is 0 Å². The Morgan fingerprint density at radius 1 is 1.57 bits per heavy atom. The molecular weight excluding hydrogens is 299 g/mol. The van der Waals surface area contributed by atoms with Crippen LogP contribution in [0.15, 0.2) is 12.1 Å². The summed E-state index contributed by atoms with van der Waals surface area (Å²) in [5, 5.41) is 19.8. The second-order valence-corrected chi connectivity index (χ2v) is 5.61. The zero-order chi connectivity index (χ0) is 16.2. The fourth-order valence-corrected chi connectivity index (χ4v) is 2.44. The van der Waals surface area contributed by atoms with Crippen LogP contribution in [0.1, 0.15) is 23.7 Å². The number of hydrogen-bond acceptors (Lipinski definition) is 5. The normalized spacial score (nSPS) is 12.0. The molecule has 1 atom stereocenters. The van der Waals surface area contributed by atoms with E-state index in [2.05, 4.69) is 0 Å². The monoisotopic (exact) mass is 316 g/mol. The van der Waals surface area contributed by atoms with Gasteiger partial charge in [0.15, 0.2) is 5.82 Å². The van der Waals surface area contributed by atoms with E-state index in [1.807, 2.05) is 13.2 Å². The molecule has 0 saturated heterocycles. The van der Waals surface area contributed by atoms with Gasteiger partial charge in [-0.25, -0.2) is 9.18 Å². The number of aromatic carboxylic acids is 1. The number of thioether (sulfide) groups is 1. The van der Waals surface area contributed by atoms with Crippen molar-refractivity contribution in [3.8, 4) is 0 Å². The molecule has 0 aliphatic rings. The average molecular weight is 316 g/mol. The number of nitro groups is 1. The number of halogens is 1. The summed E-state index contributed by atoms with van der Waals surface area (Å²) in [6.07, 6.45) is 2.75. The van der Waals surface area contributed by atoms with Crippen LogP contribution in [0.25, 0.3) is 0 Å². The summed E-state index contributed by atoms with van der Waals surface area (Å²) in [5.41, 5.74) is -1.21. The highest BCUT2D eigenvalue weighted by molar-refractivity contribution is 7.98. The molecular formula is C13H17FN2O4S. The number of hydrogen-bond donors (Lipinski definition) is 1. The SMILES string of the molecule is CSCCC(C)N(C)c1cc(C(=O)O)c([N+](=O)[O-])cc1F. The van der Waals surface area contributed by atoms with E-state index in [0.717, 1.165) is 18.2 Å². The van der Waals surface area contributed by atoms with Gasteiger partial charge in [0.1, 0.15) is 5.56 Å². The summed E-state index contributed by atoms with van der Waals surface area (Å²) >= 11 is 1.66. The van der Waals surface area contributed by atoms with Gasteiger partial charge in [0.25, 0.3) is 5.69 Å². The Balaban J connectivity index is 3.22. The summed E-state index contributed by atoms with van der Waals surface area (Å²) in [6, 6.07) is 1.66. The van der Waals surface area contributed by atoms with Crippen LogP contribution in [0.5, 0.6) is 0 Å². The molecule has 0 heterocycles. The zero-order valence-electron chi connectivity index (χ0n) is 12.0. The fraction of sp³-hybridized carbons (Fsp3) is 0.462. The summed E-state index contributed by atoms with van der Waals surface area (Å²) in [6.45, 7) is 1.89. The molecule has 0 amide bonds. The van der Waals surface area contributed by atoms with Crippen LogP contribution in [0.3, 0.4) is 0 Å². The van der Waals surface area contributed by atoms with Crippen LogP contribution in [-0.2, 0) is 0 Å². The number of rotatable bonds is 7. The van der Waals surface area contributed by atoms with Gasteiger partial charge in [0.05, 0.1) is 16.7 Å². The zero-order valence-corrected chi connectivity index (χ0v) is 12.8. The Morgan fingerprint density at radius 2 is 2.19 bits per heavy atom. The molecule has 1 N–H and O–H groups in total. The molecule has 116 valence electrons. The first-order valence-electron chi connectivity index (χ1n) is 6.22. The molecule has 21 heavy (non-hydrogen) atoms. The summed E-state index contributed by atoms with van der Waals surface area (Å²) in [5.74, 6) is -1.37. The van der Waals surface area contributed by atoms with Gasteiger partial charge in [-0.05, 0) is 31.4 Å². The maximum absolute atomic E-state index is 14.0. The lowest BCUT2D eigenvalue weighted by atomic mass is 10.1. The van der Waals surface area contributed by atoms with Crippen LogP contribution in [0, 0.1) is 15.9 Å². The van der Waals surface area contributed by atoms with Crippen LogP contribution in [0.2, 0.25) is 0 Å². The van der Waals surface area contributed by atoms with Gasteiger partial charge in [-0.1, -0.05) is 0 Å². The molecule has 0 aliphatic heterocycles. The van der Waals surface area contributed by atoms with E-state index in [4.69, 9.17) is 5.11 Å². The van der Waals surface area contributed by atoms with Gasteiger partial charge in [0.2, 0.25) is 0 Å². The highest BCUT2D eigenvalue weighted by atomic mass is 32.2. The molecule has 1 aromatic carbocycles. The highest BCUT2D eigenvalue weighted by Crippen LogP contribution is 2.29. The standard InChI is InChI=1S/C13H17FN2O4S/c1-8(4-5-21-3)15(2)12-6-9(13(17)18)11(16(19)20)7-10(12)14/h6-8H,4-5H2,1-3H3,(H,17,18). The molecule has 1 unspecified atom stereocenters. The van der Waals surface area contributed by atoms with E-state index < -0.39 is 28.0 Å². The third-order valence-electron chi connectivity index (χ3n) is 3.27. The molecule has 0 bridgehead atoms. The molecule has 0 spiro atoms. The van der Waals surface area contributed by atoms with Gasteiger partial charge in [-0.3, -0.25) is 10.1 Å².